The highest BCUT2D eigenvalue weighted by Crippen LogP contribution is 2.26. The fourth-order valence-electron chi connectivity index (χ4n) is 2.20. The van der Waals surface area contributed by atoms with Crippen molar-refractivity contribution in [3.8, 4) is 0 Å². The molecule has 0 saturated heterocycles. The second kappa shape index (κ2) is 6.23. The van der Waals surface area contributed by atoms with Crippen molar-refractivity contribution in [2.24, 2.45) is 7.05 Å². The summed E-state index contributed by atoms with van der Waals surface area (Å²) in [5.41, 5.74) is 1.12. The smallest absolute Gasteiger partial charge is 0.203 e. The number of anilines is 1. The molecule has 0 bridgehead atoms. The van der Waals surface area contributed by atoms with Crippen LogP contribution in [0.3, 0.4) is 0 Å². The molecular weight excluding hydrogens is 296 g/mol. The van der Waals surface area contributed by atoms with Gasteiger partial charge in [-0.1, -0.05) is 37.3 Å². The Bertz CT molecular complexity index is 748. The second-order valence-electron chi connectivity index (χ2n) is 5.02. The molecule has 0 radical (unpaired) electrons. The number of rotatable bonds is 5. The minimum atomic E-state index is -0.106. The van der Waals surface area contributed by atoms with Gasteiger partial charge in [0.2, 0.25) is 5.13 Å². The van der Waals surface area contributed by atoms with Gasteiger partial charge < -0.3 is 9.88 Å². The number of aryl methyl sites for hydroxylation is 2. The van der Waals surface area contributed by atoms with E-state index in [9.17, 15) is 0 Å². The van der Waals surface area contributed by atoms with Gasteiger partial charge in [0.25, 0.3) is 0 Å². The second-order valence-corrected chi connectivity index (χ2v) is 5.77. The van der Waals surface area contributed by atoms with Crippen LogP contribution in [0.4, 0.5) is 5.13 Å². The maximum absolute atomic E-state index is 4.49. The van der Waals surface area contributed by atoms with Gasteiger partial charge >= 0.3 is 0 Å². The Balaban J connectivity index is 1.98. The first-order valence-electron chi connectivity index (χ1n) is 7.19. The van der Waals surface area contributed by atoms with E-state index in [4.69, 9.17) is 0 Å². The van der Waals surface area contributed by atoms with Gasteiger partial charge in [-0.15, -0.1) is 10.2 Å². The third-order valence-electron chi connectivity index (χ3n) is 3.57. The summed E-state index contributed by atoms with van der Waals surface area (Å²) >= 11 is 1.37. The quantitative estimate of drug-likeness (QED) is 0.784. The van der Waals surface area contributed by atoms with Crippen LogP contribution >= 0.6 is 11.5 Å². The molecule has 1 atom stereocenters. The molecule has 0 saturated carbocycles. The first kappa shape index (κ1) is 14.6. The first-order chi connectivity index (χ1) is 10.7. The van der Waals surface area contributed by atoms with Crippen molar-refractivity contribution in [1.82, 2.24) is 24.1 Å². The van der Waals surface area contributed by atoms with Gasteiger partial charge in [0, 0.05) is 25.0 Å². The minimum Gasteiger partial charge on any atom is -0.346 e. The van der Waals surface area contributed by atoms with Crippen molar-refractivity contribution in [2.45, 2.75) is 26.3 Å². The molecule has 22 heavy (non-hydrogen) atoms. The van der Waals surface area contributed by atoms with Crippen LogP contribution in [-0.2, 0) is 13.5 Å². The monoisotopic (exact) mass is 314 g/mol. The highest BCUT2D eigenvalue weighted by molar-refractivity contribution is 7.09. The van der Waals surface area contributed by atoms with Crippen LogP contribution in [0.2, 0.25) is 0 Å². The van der Waals surface area contributed by atoms with Gasteiger partial charge in [0.05, 0.1) is 0 Å². The zero-order valence-corrected chi connectivity index (χ0v) is 13.6. The van der Waals surface area contributed by atoms with E-state index in [1.54, 1.807) is 0 Å². The lowest BCUT2D eigenvalue weighted by molar-refractivity contribution is 0.733. The Hall–Kier alpha value is -2.28. The van der Waals surface area contributed by atoms with Crippen LogP contribution in [0.1, 0.15) is 36.0 Å². The molecule has 0 fully saturated rings. The molecule has 0 amide bonds. The van der Waals surface area contributed by atoms with Crippen molar-refractivity contribution >= 4 is 16.7 Å². The third kappa shape index (κ3) is 2.85. The first-order valence-corrected chi connectivity index (χ1v) is 7.96. The number of nitrogens with one attached hydrogen (secondary N) is 1. The summed E-state index contributed by atoms with van der Waals surface area (Å²) in [5, 5.41) is 12.7. The molecule has 1 aromatic carbocycles. The molecule has 0 spiro atoms. The van der Waals surface area contributed by atoms with Crippen molar-refractivity contribution in [3.05, 3.63) is 53.4 Å². The van der Waals surface area contributed by atoms with E-state index in [-0.39, 0.29) is 6.04 Å². The lowest BCUT2D eigenvalue weighted by atomic mass is 10.1. The Morgan fingerprint density at radius 1 is 1.23 bits per heavy atom. The standard InChI is InChI=1S/C15H18N6S/c1-4-12-16-15(22-20-12)17-13(11-8-6-5-7-9-11)14-19-18-10(2)21(14)3/h5-9,13H,4H2,1-3H3,(H,16,17,20). The Labute approximate surface area is 133 Å². The van der Waals surface area contributed by atoms with Crippen molar-refractivity contribution in [2.75, 3.05) is 5.32 Å². The summed E-state index contributed by atoms with van der Waals surface area (Å²) in [6.07, 6.45) is 0.831. The molecule has 7 heteroatoms. The number of benzene rings is 1. The van der Waals surface area contributed by atoms with Crippen molar-refractivity contribution in [3.63, 3.8) is 0 Å². The lowest BCUT2D eigenvalue weighted by Gasteiger charge is -2.17. The lowest BCUT2D eigenvalue weighted by Crippen LogP contribution is -2.17. The SMILES string of the molecule is CCc1nsc(NC(c2ccccc2)c2nnc(C)n2C)n1. The van der Waals surface area contributed by atoms with E-state index < -0.39 is 0 Å². The summed E-state index contributed by atoms with van der Waals surface area (Å²) in [7, 11) is 1.97. The molecule has 114 valence electrons. The molecule has 3 aromatic rings. The number of aromatic nitrogens is 5. The summed E-state index contributed by atoms with van der Waals surface area (Å²) < 4.78 is 6.32. The zero-order valence-electron chi connectivity index (χ0n) is 12.8. The van der Waals surface area contributed by atoms with E-state index in [1.807, 2.05) is 43.7 Å². The fraction of sp³-hybridized carbons (Fsp3) is 0.333. The van der Waals surface area contributed by atoms with Crippen LogP contribution in [0.15, 0.2) is 30.3 Å². The van der Waals surface area contributed by atoms with E-state index in [1.165, 1.54) is 11.5 Å². The molecule has 1 unspecified atom stereocenters. The van der Waals surface area contributed by atoms with Gasteiger partial charge in [-0.3, -0.25) is 0 Å². The largest absolute Gasteiger partial charge is 0.346 e. The molecule has 2 heterocycles. The Kier molecular flexibility index (Phi) is 4.15. The highest BCUT2D eigenvalue weighted by atomic mass is 32.1. The van der Waals surface area contributed by atoms with E-state index in [0.29, 0.717) is 0 Å². The average Bonchev–Trinajstić information content (AvgIpc) is 3.14. The molecule has 2 aromatic heterocycles. The van der Waals surface area contributed by atoms with Gasteiger partial charge in [-0.05, 0) is 12.5 Å². The number of hydrogen-bond donors (Lipinski definition) is 1. The fourth-order valence-corrected chi connectivity index (χ4v) is 2.88. The van der Waals surface area contributed by atoms with Crippen molar-refractivity contribution in [1.29, 1.82) is 0 Å². The van der Waals surface area contributed by atoms with Gasteiger partial charge in [-0.25, -0.2) is 4.98 Å². The highest BCUT2D eigenvalue weighted by Gasteiger charge is 2.21. The predicted molar refractivity (Wildman–Crippen MR) is 86.9 cm³/mol. The summed E-state index contributed by atoms with van der Waals surface area (Å²) in [6, 6.07) is 10.1. The normalized spacial score (nSPS) is 12.3. The Morgan fingerprint density at radius 3 is 2.59 bits per heavy atom. The third-order valence-corrected chi connectivity index (χ3v) is 4.25. The predicted octanol–water partition coefficient (Wildman–Crippen LogP) is 2.74. The van der Waals surface area contributed by atoms with Crippen LogP contribution < -0.4 is 5.32 Å². The van der Waals surface area contributed by atoms with Gasteiger partial charge in [0.15, 0.2) is 5.82 Å². The number of hydrogen-bond acceptors (Lipinski definition) is 6. The van der Waals surface area contributed by atoms with Gasteiger partial charge in [0.1, 0.15) is 17.7 Å². The molecule has 6 nitrogen and oxygen atoms in total. The van der Waals surface area contributed by atoms with Crippen LogP contribution in [-0.4, -0.2) is 24.1 Å². The van der Waals surface area contributed by atoms with Crippen LogP contribution in [0, 0.1) is 6.92 Å². The summed E-state index contributed by atoms with van der Waals surface area (Å²) in [5.74, 6) is 2.59. The number of nitrogens with zero attached hydrogens (tertiary/aromatic N) is 5. The summed E-state index contributed by atoms with van der Waals surface area (Å²) in [6.45, 7) is 3.99. The molecule has 3 rings (SSSR count). The molecule has 0 aliphatic carbocycles. The molecular formula is C15H18N6S. The average molecular weight is 314 g/mol. The van der Waals surface area contributed by atoms with E-state index in [2.05, 4.69) is 37.0 Å². The maximum atomic E-state index is 4.49. The van der Waals surface area contributed by atoms with Gasteiger partial charge in [-0.2, -0.15) is 4.37 Å². The van der Waals surface area contributed by atoms with E-state index >= 15 is 0 Å². The Morgan fingerprint density at radius 2 is 2.00 bits per heavy atom. The van der Waals surface area contributed by atoms with E-state index in [0.717, 1.165) is 34.6 Å². The molecule has 0 aliphatic rings. The minimum absolute atomic E-state index is 0.106. The molecule has 0 aliphatic heterocycles. The molecule has 1 N–H and O–H groups in total. The maximum Gasteiger partial charge on any atom is 0.203 e. The topological polar surface area (TPSA) is 68.5 Å². The summed E-state index contributed by atoms with van der Waals surface area (Å²) in [4.78, 5) is 4.49. The zero-order chi connectivity index (χ0) is 15.5. The van der Waals surface area contributed by atoms with Crippen LogP contribution in [0.25, 0.3) is 0 Å². The van der Waals surface area contributed by atoms with Crippen molar-refractivity contribution < 1.29 is 0 Å². The van der Waals surface area contributed by atoms with Crippen LogP contribution in [0.5, 0.6) is 0 Å².